The van der Waals surface area contributed by atoms with Crippen LogP contribution in [0.1, 0.15) is 0 Å². The molecule has 0 amide bonds. The summed E-state index contributed by atoms with van der Waals surface area (Å²) in [5.41, 5.74) is 4.49. The Morgan fingerprint density at radius 1 is 0.613 bits per heavy atom. The third kappa shape index (κ3) is 2.41. The lowest BCUT2D eigenvalue weighted by atomic mass is 9.90. The van der Waals surface area contributed by atoms with Crippen molar-refractivity contribution in [1.82, 2.24) is 14.4 Å². The molecule has 3 nitrogen and oxygen atoms in total. The molecule has 5 aromatic carbocycles. The molecule has 2 aromatic heterocycles. The second kappa shape index (κ2) is 6.13. The molecule has 0 saturated carbocycles. The van der Waals surface area contributed by atoms with Crippen LogP contribution < -0.4 is 0 Å². The first-order valence-electron chi connectivity index (χ1n) is 10.4. The first-order valence-corrected chi connectivity index (χ1v) is 10.4. The van der Waals surface area contributed by atoms with Gasteiger partial charge in [0.05, 0.1) is 5.69 Å². The average Bonchev–Trinajstić information content (AvgIpc) is 3.27. The van der Waals surface area contributed by atoms with E-state index in [2.05, 4.69) is 88.8 Å². The summed E-state index contributed by atoms with van der Waals surface area (Å²) in [6, 6.07) is 30.6. The summed E-state index contributed by atoms with van der Waals surface area (Å²) in [4.78, 5) is 8.96. The molecule has 2 heterocycles. The zero-order valence-corrected chi connectivity index (χ0v) is 16.7. The van der Waals surface area contributed by atoms with Gasteiger partial charge < -0.3 is 0 Å². The van der Waals surface area contributed by atoms with Crippen molar-refractivity contribution in [1.29, 1.82) is 0 Å². The van der Waals surface area contributed by atoms with Crippen LogP contribution in [0, 0.1) is 0 Å². The fourth-order valence-corrected chi connectivity index (χ4v) is 4.78. The number of imidazole rings is 1. The van der Waals surface area contributed by atoms with Crippen molar-refractivity contribution in [3.05, 3.63) is 104 Å². The Labute approximate surface area is 178 Å². The van der Waals surface area contributed by atoms with Crippen LogP contribution in [0.15, 0.2) is 104 Å². The van der Waals surface area contributed by atoms with Gasteiger partial charge in [-0.05, 0) is 49.5 Å². The highest BCUT2D eigenvalue weighted by Crippen LogP contribution is 2.39. The van der Waals surface area contributed by atoms with Crippen LogP contribution in [0.5, 0.6) is 0 Å². The van der Waals surface area contributed by atoms with Gasteiger partial charge in [-0.3, -0.25) is 4.40 Å². The molecule has 0 unspecified atom stereocenters. The van der Waals surface area contributed by atoms with Gasteiger partial charge in [-0.1, -0.05) is 78.9 Å². The molecule has 3 heteroatoms. The molecule has 0 atom stereocenters. The minimum absolute atomic E-state index is 0.716. The SMILES string of the molecule is c1cc2ccc3ccc(-c4ccc(-c5cn6cccnc6n5)cc4)c4ccc(c1)c2c34. The molecule has 0 N–H and O–H groups in total. The van der Waals surface area contributed by atoms with E-state index in [1.54, 1.807) is 6.20 Å². The lowest BCUT2D eigenvalue weighted by Gasteiger charge is -2.14. The molecule has 0 aliphatic rings. The van der Waals surface area contributed by atoms with Crippen molar-refractivity contribution < 1.29 is 0 Å². The zero-order chi connectivity index (χ0) is 20.4. The predicted molar refractivity (Wildman–Crippen MR) is 128 cm³/mol. The molecular formula is C28H17N3. The van der Waals surface area contributed by atoms with Crippen molar-refractivity contribution in [3.63, 3.8) is 0 Å². The number of hydrogen-bond donors (Lipinski definition) is 0. The molecule has 0 bridgehead atoms. The summed E-state index contributed by atoms with van der Waals surface area (Å²) in [5.74, 6) is 0.716. The summed E-state index contributed by atoms with van der Waals surface area (Å²) in [7, 11) is 0. The van der Waals surface area contributed by atoms with E-state index in [1.807, 2.05) is 22.9 Å². The summed E-state index contributed by atoms with van der Waals surface area (Å²) in [6.07, 6.45) is 5.76. The number of hydrogen-bond acceptors (Lipinski definition) is 2. The van der Waals surface area contributed by atoms with E-state index in [4.69, 9.17) is 0 Å². The van der Waals surface area contributed by atoms with E-state index in [-0.39, 0.29) is 0 Å². The van der Waals surface area contributed by atoms with Crippen LogP contribution in [0.2, 0.25) is 0 Å². The molecular weight excluding hydrogens is 378 g/mol. The highest BCUT2D eigenvalue weighted by atomic mass is 15.1. The number of benzene rings is 5. The summed E-state index contributed by atoms with van der Waals surface area (Å²) in [5, 5.41) is 7.88. The lowest BCUT2D eigenvalue weighted by molar-refractivity contribution is 1.11. The van der Waals surface area contributed by atoms with Gasteiger partial charge in [0.1, 0.15) is 0 Å². The molecule has 0 aliphatic carbocycles. The maximum Gasteiger partial charge on any atom is 0.234 e. The number of nitrogens with zero attached hydrogens (tertiary/aromatic N) is 3. The van der Waals surface area contributed by atoms with Crippen LogP contribution in [0.25, 0.3) is 60.5 Å². The first kappa shape index (κ1) is 16.5. The maximum atomic E-state index is 4.64. The fraction of sp³-hybridized carbons (Fsp3) is 0. The van der Waals surface area contributed by atoms with Gasteiger partial charge in [-0.25, -0.2) is 9.97 Å². The second-order valence-electron chi connectivity index (χ2n) is 8.00. The van der Waals surface area contributed by atoms with Crippen LogP contribution >= 0.6 is 0 Å². The molecule has 0 fully saturated rings. The lowest BCUT2D eigenvalue weighted by Crippen LogP contribution is -1.87. The van der Waals surface area contributed by atoms with Crippen molar-refractivity contribution >= 4 is 38.1 Å². The second-order valence-corrected chi connectivity index (χ2v) is 8.00. The molecule has 7 aromatic rings. The highest BCUT2D eigenvalue weighted by Gasteiger charge is 2.12. The van der Waals surface area contributed by atoms with E-state index in [0.29, 0.717) is 5.78 Å². The molecule has 0 radical (unpaired) electrons. The van der Waals surface area contributed by atoms with Crippen LogP contribution in [0.4, 0.5) is 0 Å². The average molecular weight is 395 g/mol. The minimum atomic E-state index is 0.716. The van der Waals surface area contributed by atoms with Crippen LogP contribution in [0.3, 0.4) is 0 Å². The Bertz CT molecular complexity index is 1680. The molecule has 0 aliphatic heterocycles. The Kier molecular flexibility index (Phi) is 3.27. The summed E-state index contributed by atoms with van der Waals surface area (Å²) >= 11 is 0. The van der Waals surface area contributed by atoms with Gasteiger partial charge >= 0.3 is 0 Å². The minimum Gasteiger partial charge on any atom is -0.291 e. The van der Waals surface area contributed by atoms with Gasteiger partial charge in [0.2, 0.25) is 5.78 Å². The molecule has 7 rings (SSSR count). The summed E-state index contributed by atoms with van der Waals surface area (Å²) < 4.78 is 1.95. The van der Waals surface area contributed by atoms with Gasteiger partial charge in [0.15, 0.2) is 0 Å². The molecule has 31 heavy (non-hydrogen) atoms. The van der Waals surface area contributed by atoms with Gasteiger partial charge in [-0.2, -0.15) is 0 Å². The predicted octanol–water partition coefficient (Wildman–Crippen LogP) is 6.96. The van der Waals surface area contributed by atoms with E-state index in [0.717, 1.165) is 11.3 Å². The maximum absolute atomic E-state index is 4.64. The first-order chi connectivity index (χ1) is 15.3. The summed E-state index contributed by atoms with van der Waals surface area (Å²) in [6.45, 7) is 0. The van der Waals surface area contributed by atoms with E-state index >= 15 is 0 Å². The van der Waals surface area contributed by atoms with Crippen molar-refractivity contribution in [3.8, 4) is 22.4 Å². The molecule has 0 saturated heterocycles. The quantitative estimate of drug-likeness (QED) is 0.296. The zero-order valence-electron chi connectivity index (χ0n) is 16.7. The largest absolute Gasteiger partial charge is 0.291 e. The van der Waals surface area contributed by atoms with Gasteiger partial charge in [0.25, 0.3) is 0 Å². The van der Waals surface area contributed by atoms with Crippen LogP contribution in [-0.2, 0) is 0 Å². The fourth-order valence-electron chi connectivity index (χ4n) is 4.78. The highest BCUT2D eigenvalue weighted by molar-refractivity contribution is 6.25. The Hall–Kier alpha value is -4.24. The Morgan fingerprint density at radius 2 is 1.32 bits per heavy atom. The van der Waals surface area contributed by atoms with Crippen molar-refractivity contribution in [2.45, 2.75) is 0 Å². The number of aromatic nitrogens is 3. The topological polar surface area (TPSA) is 30.2 Å². The van der Waals surface area contributed by atoms with E-state index < -0.39 is 0 Å². The number of rotatable bonds is 2. The molecule has 0 spiro atoms. The van der Waals surface area contributed by atoms with E-state index in [9.17, 15) is 0 Å². The van der Waals surface area contributed by atoms with Crippen molar-refractivity contribution in [2.75, 3.05) is 0 Å². The standard InChI is InChI=1S/C28H17N3/c1-3-20-9-10-22-11-13-23(24-14-12-21(4-1)26(20)27(22)24)18-5-7-19(8-6-18)25-17-31-16-2-15-29-28(31)30-25/h1-17H. The third-order valence-electron chi connectivity index (χ3n) is 6.26. The molecule has 144 valence electrons. The van der Waals surface area contributed by atoms with E-state index in [1.165, 1.54) is 43.4 Å². The third-order valence-corrected chi connectivity index (χ3v) is 6.26. The van der Waals surface area contributed by atoms with Gasteiger partial charge in [0, 0.05) is 24.2 Å². The normalized spacial score (nSPS) is 11.9. The Balaban J connectivity index is 1.40. The smallest absolute Gasteiger partial charge is 0.234 e. The van der Waals surface area contributed by atoms with Crippen molar-refractivity contribution in [2.24, 2.45) is 0 Å². The number of fused-ring (bicyclic) bond motifs is 1. The van der Waals surface area contributed by atoms with Gasteiger partial charge in [-0.15, -0.1) is 0 Å². The Morgan fingerprint density at radius 3 is 2.13 bits per heavy atom. The van der Waals surface area contributed by atoms with Crippen LogP contribution in [-0.4, -0.2) is 14.4 Å². The monoisotopic (exact) mass is 395 g/mol.